The summed E-state index contributed by atoms with van der Waals surface area (Å²) in [5.74, 6) is 1.06. The van der Waals surface area contributed by atoms with Gasteiger partial charge in [-0.05, 0) is 63.2 Å². The van der Waals surface area contributed by atoms with Gasteiger partial charge in [-0.25, -0.2) is 0 Å². The lowest BCUT2D eigenvalue weighted by atomic mass is 9.96. The van der Waals surface area contributed by atoms with Crippen molar-refractivity contribution in [2.75, 3.05) is 26.2 Å². The van der Waals surface area contributed by atoms with Crippen LogP contribution in [0.1, 0.15) is 42.9 Å². The smallest absolute Gasteiger partial charge is 0.222 e. The van der Waals surface area contributed by atoms with Gasteiger partial charge in [-0.3, -0.25) is 4.79 Å². The number of benzene rings is 1. The van der Waals surface area contributed by atoms with E-state index < -0.39 is 0 Å². The number of piperidine rings is 1. The SMILES string of the molecule is CCNCC1CCN(C(=O)CCc2ccc(C)cc2C)CC1. The highest BCUT2D eigenvalue weighted by Gasteiger charge is 2.22. The molecule has 3 nitrogen and oxygen atoms in total. The lowest BCUT2D eigenvalue weighted by Gasteiger charge is -2.32. The molecule has 1 aromatic rings. The molecule has 2 rings (SSSR count). The molecule has 1 aliphatic rings. The first kappa shape index (κ1) is 17.0. The zero-order valence-electron chi connectivity index (χ0n) is 14.3. The molecule has 0 saturated carbocycles. The monoisotopic (exact) mass is 302 g/mol. The molecule has 0 radical (unpaired) electrons. The summed E-state index contributed by atoms with van der Waals surface area (Å²) in [4.78, 5) is 14.4. The largest absolute Gasteiger partial charge is 0.343 e. The Balaban J connectivity index is 1.76. The van der Waals surface area contributed by atoms with Crippen LogP contribution in [0.25, 0.3) is 0 Å². The second-order valence-corrected chi connectivity index (χ2v) is 6.56. The molecule has 0 aromatic heterocycles. The molecule has 1 saturated heterocycles. The maximum Gasteiger partial charge on any atom is 0.222 e. The molecule has 0 atom stereocenters. The molecule has 1 amide bonds. The van der Waals surface area contributed by atoms with E-state index in [0.717, 1.165) is 51.4 Å². The van der Waals surface area contributed by atoms with Crippen molar-refractivity contribution in [2.45, 2.75) is 46.5 Å². The third-order valence-electron chi connectivity index (χ3n) is 4.76. The van der Waals surface area contributed by atoms with Crippen LogP contribution < -0.4 is 5.32 Å². The predicted octanol–water partition coefficient (Wildman–Crippen LogP) is 3.08. The Labute approximate surface area is 135 Å². The summed E-state index contributed by atoms with van der Waals surface area (Å²) < 4.78 is 0. The normalized spacial score (nSPS) is 16.0. The van der Waals surface area contributed by atoms with E-state index in [2.05, 4.69) is 49.2 Å². The van der Waals surface area contributed by atoms with Gasteiger partial charge in [0, 0.05) is 19.5 Å². The molecule has 0 aliphatic carbocycles. The van der Waals surface area contributed by atoms with Gasteiger partial charge in [0.05, 0.1) is 0 Å². The summed E-state index contributed by atoms with van der Waals surface area (Å²) in [6.07, 6.45) is 3.79. The highest BCUT2D eigenvalue weighted by atomic mass is 16.2. The fourth-order valence-corrected chi connectivity index (χ4v) is 3.26. The number of carbonyl (C=O) groups excluding carboxylic acids is 1. The molecule has 1 fully saturated rings. The molecule has 122 valence electrons. The minimum Gasteiger partial charge on any atom is -0.343 e. The Bertz CT molecular complexity index is 490. The van der Waals surface area contributed by atoms with Gasteiger partial charge in [-0.1, -0.05) is 30.7 Å². The molecule has 0 unspecified atom stereocenters. The van der Waals surface area contributed by atoms with Gasteiger partial charge >= 0.3 is 0 Å². The summed E-state index contributed by atoms with van der Waals surface area (Å²) in [6.45, 7) is 10.4. The van der Waals surface area contributed by atoms with Crippen LogP contribution in [0.4, 0.5) is 0 Å². The lowest BCUT2D eigenvalue weighted by Crippen LogP contribution is -2.40. The average molecular weight is 302 g/mol. The first-order valence-electron chi connectivity index (χ1n) is 8.64. The van der Waals surface area contributed by atoms with Crippen LogP contribution in [0.15, 0.2) is 18.2 Å². The zero-order chi connectivity index (χ0) is 15.9. The van der Waals surface area contributed by atoms with E-state index in [0.29, 0.717) is 12.3 Å². The predicted molar refractivity (Wildman–Crippen MR) is 92.1 cm³/mol. The highest BCUT2D eigenvalue weighted by Crippen LogP contribution is 2.18. The van der Waals surface area contributed by atoms with Crippen LogP contribution >= 0.6 is 0 Å². The van der Waals surface area contributed by atoms with E-state index in [-0.39, 0.29) is 0 Å². The van der Waals surface area contributed by atoms with Crippen LogP contribution in [0.5, 0.6) is 0 Å². The standard InChI is InChI=1S/C19H30N2O/c1-4-20-14-17-9-11-21(12-10-17)19(22)8-7-18-6-5-15(2)13-16(18)3/h5-6,13,17,20H,4,7-12,14H2,1-3H3. The van der Waals surface area contributed by atoms with E-state index >= 15 is 0 Å². The van der Waals surface area contributed by atoms with Gasteiger partial charge < -0.3 is 10.2 Å². The van der Waals surface area contributed by atoms with E-state index in [1.165, 1.54) is 16.7 Å². The Morgan fingerprint density at radius 3 is 2.64 bits per heavy atom. The first-order valence-corrected chi connectivity index (χ1v) is 8.64. The second-order valence-electron chi connectivity index (χ2n) is 6.56. The van der Waals surface area contributed by atoms with Crippen LogP contribution in [0.3, 0.4) is 0 Å². The number of likely N-dealkylation sites (tertiary alicyclic amines) is 1. The number of aryl methyl sites for hydroxylation is 3. The van der Waals surface area contributed by atoms with Gasteiger partial charge in [0.2, 0.25) is 5.91 Å². The molecule has 0 spiro atoms. The van der Waals surface area contributed by atoms with Crippen molar-refractivity contribution < 1.29 is 4.79 Å². The van der Waals surface area contributed by atoms with Crippen molar-refractivity contribution in [1.82, 2.24) is 10.2 Å². The Morgan fingerprint density at radius 2 is 2.00 bits per heavy atom. The van der Waals surface area contributed by atoms with Crippen molar-refractivity contribution in [3.05, 3.63) is 34.9 Å². The maximum atomic E-state index is 12.4. The van der Waals surface area contributed by atoms with Gasteiger partial charge in [0.25, 0.3) is 0 Å². The van der Waals surface area contributed by atoms with Crippen LogP contribution in [-0.2, 0) is 11.2 Å². The van der Waals surface area contributed by atoms with Gasteiger partial charge in [-0.15, -0.1) is 0 Å². The van der Waals surface area contributed by atoms with Crippen LogP contribution in [0, 0.1) is 19.8 Å². The Morgan fingerprint density at radius 1 is 1.27 bits per heavy atom. The average Bonchev–Trinajstić information content (AvgIpc) is 2.52. The summed E-state index contributed by atoms with van der Waals surface area (Å²) in [6, 6.07) is 6.51. The molecule has 1 aliphatic heterocycles. The number of nitrogens with one attached hydrogen (secondary N) is 1. The first-order chi connectivity index (χ1) is 10.6. The van der Waals surface area contributed by atoms with Crippen LogP contribution in [-0.4, -0.2) is 37.0 Å². The second kappa shape index (κ2) is 8.33. The number of hydrogen-bond acceptors (Lipinski definition) is 2. The molecular weight excluding hydrogens is 272 g/mol. The molecule has 0 bridgehead atoms. The molecule has 1 N–H and O–H groups in total. The third kappa shape index (κ3) is 4.84. The zero-order valence-corrected chi connectivity index (χ0v) is 14.3. The molecule has 1 aromatic carbocycles. The summed E-state index contributed by atoms with van der Waals surface area (Å²) in [5, 5.41) is 3.42. The van der Waals surface area contributed by atoms with E-state index in [9.17, 15) is 4.79 Å². The van der Waals surface area contributed by atoms with E-state index in [4.69, 9.17) is 0 Å². The molecule has 1 heterocycles. The van der Waals surface area contributed by atoms with Crippen molar-refractivity contribution >= 4 is 5.91 Å². The van der Waals surface area contributed by atoms with Gasteiger partial charge in [-0.2, -0.15) is 0 Å². The Kier molecular flexibility index (Phi) is 6.44. The number of rotatable bonds is 6. The van der Waals surface area contributed by atoms with Crippen molar-refractivity contribution in [3.63, 3.8) is 0 Å². The summed E-state index contributed by atoms with van der Waals surface area (Å²) in [5.41, 5.74) is 3.90. The van der Waals surface area contributed by atoms with Gasteiger partial charge in [0.15, 0.2) is 0 Å². The van der Waals surface area contributed by atoms with Crippen molar-refractivity contribution in [2.24, 2.45) is 5.92 Å². The Hall–Kier alpha value is -1.35. The lowest BCUT2D eigenvalue weighted by molar-refractivity contribution is -0.132. The molecule has 22 heavy (non-hydrogen) atoms. The minimum absolute atomic E-state index is 0.321. The van der Waals surface area contributed by atoms with Gasteiger partial charge in [0.1, 0.15) is 0 Å². The number of hydrogen-bond donors (Lipinski definition) is 1. The highest BCUT2D eigenvalue weighted by molar-refractivity contribution is 5.76. The maximum absolute atomic E-state index is 12.4. The number of carbonyl (C=O) groups is 1. The third-order valence-corrected chi connectivity index (χ3v) is 4.76. The van der Waals surface area contributed by atoms with Crippen molar-refractivity contribution in [3.8, 4) is 0 Å². The number of amides is 1. The summed E-state index contributed by atoms with van der Waals surface area (Å²) >= 11 is 0. The molecular formula is C19H30N2O. The topological polar surface area (TPSA) is 32.3 Å². The quantitative estimate of drug-likeness (QED) is 0.876. The number of nitrogens with zero attached hydrogens (tertiary/aromatic N) is 1. The molecule has 3 heteroatoms. The van der Waals surface area contributed by atoms with E-state index in [1.54, 1.807) is 0 Å². The van der Waals surface area contributed by atoms with Crippen molar-refractivity contribution in [1.29, 1.82) is 0 Å². The fraction of sp³-hybridized carbons (Fsp3) is 0.632. The van der Waals surface area contributed by atoms with E-state index in [1.807, 2.05) is 0 Å². The minimum atomic E-state index is 0.321. The fourth-order valence-electron chi connectivity index (χ4n) is 3.26. The summed E-state index contributed by atoms with van der Waals surface area (Å²) in [7, 11) is 0. The van der Waals surface area contributed by atoms with Crippen LogP contribution in [0.2, 0.25) is 0 Å².